The number of nitrogens with one attached hydrogen (secondary N) is 2. The zero-order valence-electron chi connectivity index (χ0n) is 39.1. The second-order valence-corrected chi connectivity index (χ2v) is 21.9. The van der Waals surface area contributed by atoms with Gasteiger partial charge < -0.3 is 32.3 Å². The standard InChI is InChI=1S/C50H72ClN3O7.CH5N/c1-28(2)42-40(56)27-49(22-24-53-46(60)50(61,18-7-8-23-52)54-44(57)31-9-11-33(51)12-10-31)21-17-38-34(43(42)49)13-14-41-47(5)19-15-32(29(3)37(47)16-20-48(38,41)6)25-39(55)35-26-36(30(35)4)45(58)59;1-2/h9-12,28-30,32,34-38,41,61H,7-8,13-27,52H2,1-6H3,(H,53,60)(H,54,57)(H,58,59);2H2,1H3. The number of hydrogen-bond acceptors (Lipinski definition) is 8. The fourth-order valence-corrected chi connectivity index (χ4v) is 15.0. The summed E-state index contributed by atoms with van der Waals surface area (Å²) in [5.41, 5.74) is 10.7. The molecule has 6 aliphatic carbocycles. The first-order valence-electron chi connectivity index (χ1n) is 24.2. The molecule has 0 radical (unpaired) electrons. The fraction of sp³-hybridized carbons (Fsp3) is 0.745. The number of carbonyl (C=O) groups is 5. The van der Waals surface area contributed by atoms with Crippen LogP contribution >= 0.6 is 11.6 Å². The van der Waals surface area contributed by atoms with Crippen molar-refractivity contribution in [1.82, 2.24) is 10.6 Å². The summed E-state index contributed by atoms with van der Waals surface area (Å²) in [6, 6.07) is 6.28. The summed E-state index contributed by atoms with van der Waals surface area (Å²) in [7, 11) is 1.50. The number of nitrogens with two attached hydrogens (primary N) is 2. The molecule has 63 heavy (non-hydrogen) atoms. The summed E-state index contributed by atoms with van der Waals surface area (Å²) in [6.07, 6.45) is 11.7. The van der Waals surface area contributed by atoms with E-state index in [0.717, 1.165) is 56.9 Å². The SMILES string of the molecule is CC(C)C1=C2C3CCC4C(C)(CCC5C(C)C(CC(=O)C6CC(C(=O)O)C6C)CCC54C)C3CCC2(CCNC(=O)C(O)(CCCCN)NC(=O)c2ccc(Cl)cc2)CC1=O.CN. The van der Waals surface area contributed by atoms with Gasteiger partial charge in [-0.05, 0) is 179 Å². The van der Waals surface area contributed by atoms with Crippen LogP contribution in [0.4, 0.5) is 0 Å². The number of carbonyl (C=O) groups excluding carboxylic acids is 4. The van der Waals surface area contributed by atoms with Crippen LogP contribution < -0.4 is 22.1 Å². The van der Waals surface area contributed by atoms with Crippen molar-refractivity contribution < 1.29 is 34.2 Å². The molecule has 0 saturated heterocycles. The predicted octanol–water partition coefficient (Wildman–Crippen LogP) is 8.10. The Labute approximate surface area is 381 Å². The van der Waals surface area contributed by atoms with Crippen LogP contribution in [-0.4, -0.2) is 65.4 Å². The van der Waals surface area contributed by atoms with Gasteiger partial charge in [-0.25, -0.2) is 0 Å². The van der Waals surface area contributed by atoms with Crippen LogP contribution in [0.15, 0.2) is 35.4 Å². The lowest BCUT2D eigenvalue weighted by molar-refractivity contribution is -0.172. The van der Waals surface area contributed by atoms with Crippen molar-refractivity contribution in [2.45, 2.75) is 144 Å². The fourth-order valence-electron chi connectivity index (χ4n) is 14.9. The van der Waals surface area contributed by atoms with E-state index in [9.17, 15) is 34.2 Å². The van der Waals surface area contributed by atoms with E-state index in [2.05, 4.69) is 51.0 Å². The number of aliphatic hydroxyl groups is 1. The second kappa shape index (κ2) is 19.4. The Morgan fingerprint density at radius 1 is 0.905 bits per heavy atom. The topological polar surface area (TPSA) is 202 Å². The molecule has 11 nitrogen and oxygen atoms in total. The van der Waals surface area contributed by atoms with Gasteiger partial charge in [0.15, 0.2) is 5.78 Å². The number of halogens is 1. The number of rotatable bonds is 15. The van der Waals surface area contributed by atoms with Crippen molar-refractivity contribution in [3.63, 3.8) is 0 Å². The molecular weight excluding hydrogens is 816 g/mol. The zero-order valence-corrected chi connectivity index (χ0v) is 39.8. The van der Waals surface area contributed by atoms with E-state index in [1.54, 1.807) is 24.3 Å². The summed E-state index contributed by atoms with van der Waals surface area (Å²) in [4.78, 5) is 66.3. The van der Waals surface area contributed by atoms with E-state index in [1.165, 1.54) is 12.6 Å². The average Bonchev–Trinajstić information content (AvgIpc) is 3.54. The maximum absolute atomic E-state index is 14.1. The van der Waals surface area contributed by atoms with E-state index >= 15 is 0 Å². The number of unbranched alkanes of at least 4 members (excludes halogenated alkanes) is 1. The van der Waals surface area contributed by atoms with Gasteiger partial charge in [0.2, 0.25) is 5.72 Å². The van der Waals surface area contributed by atoms with Gasteiger partial charge in [0.05, 0.1) is 5.92 Å². The highest BCUT2D eigenvalue weighted by molar-refractivity contribution is 6.30. The highest BCUT2D eigenvalue weighted by atomic mass is 35.5. The molecule has 13 atom stereocenters. The van der Waals surface area contributed by atoms with Gasteiger partial charge in [-0.1, -0.05) is 58.7 Å². The number of fused-ring (bicyclic) bond motifs is 7. The molecule has 1 aromatic rings. The van der Waals surface area contributed by atoms with E-state index in [-0.39, 0.29) is 64.1 Å². The van der Waals surface area contributed by atoms with E-state index in [4.69, 9.17) is 17.3 Å². The van der Waals surface area contributed by atoms with Crippen LogP contribution in [-0.2, 0) is 19.2 Å². The Bertz CT molecular complexity index is 1920. The Morgan fingerprint density at radius 2 is 1.56 bits per heavy atom. The van der Waals surface area contributed by atoms with Gasteiger partial charge in [0.25, 0.3) is 11.8 Å². The molecule has 0 bridgehead atoms. The molecular formula is C51H77ClN4O7. The lowest BCUT2D eigenvalue weighted by Crippen LogP contribution is -2.60. The lowest BCUT2D eigenvalue weighted by Gasteiger charge is -2.67. The lowest BCUT2D eigenvalue weighted by atomic mass is 9.37. The van der Waals surface area contributed by atoms with E-state index in [1.807, 2.05) is 6.92 Å². The molecule has 0 heterocycles. The van der Waals surface area contributed by atoms with Crippen LogP contribution in [0.5, 0.6) is 0 Å². The van der Waals surface area contributed by atoms with Crippen LogP contribution in [0, 0.1) is 75.4 Å². The minimum atomic E-state index is -2.14. The molecule has 12 heteroatoms. The Morgan fingerprint density at radius 3 is 2.19 bits per heavy atom. The highest BCUT2D eigenvalue weighted by Crippen LogP contribution is 2.72. The summed E-state index contributed by atoms with van der Waals surface area (Å²) >= 11 is 6.03. The van der Waals surface area contributed by atoms with E-state index in [0.29, 0.717) is 85.6 Å². The number of Topliss-reactive ketones (excluding diaryl/α,β-unsaturated/α-hetero) is 2. The van der Waals surface area contributed by atoms with Gasteiger partial charge in [-0.3, -0.25) is 24.0 Å². The monoisotopic (exact) mass is 893 g/mol. The minimum Gasteiger partial charge on any atom is -0.481 e. The molecule has 5 saturated carbocycles. The number of ketones is 2. The molecule has 2 amide bonds. The van der Waals surface area contributed by atoms with Crippen molar-refractivity contribution in [1.29, 1.82) is 0 Å². The maximum atomic E-state index is 14.1. The summed E-state index contributed by atoms with van der Waals surface area (Å²) in [6.45, 7) is 14.4. The van der Waals surface area contributed by atoms with Crippen LogP contribution in [0.3, 0.4) is 0 Å². The molecule has 13 unspecified atom stereocenters. The van der Waals surface area contributed by atoms with Crippen molar-refractivity contribution in [2.24, 2.45) is 86.9 Å². The Hall–Kier alpha value is -3.12. The van der Waals surface area contributed by atoms with Gasteiger partial charge in [-0.15, -0.1) is 0 Å². The third-order valence-electron chi connectivity index (χ3n) is 18.2. The van der Waals surface area contributed by atoms with Gasteiger partial charge >= 0.3 is 5.97 Å². The summed E-state index contributed by atoms with van der Waals surface area (Å²) in [5.74, 6) is 0.704. The van der Waals surface area contributed by atoms with E-state index < -0.39 is 29.4 Å². The molecule has 0 spiro atoms. The molecule has 1 aromatic carbocycles. The number of carboxylic acid groups (broad SMARTS) is 1. The smallest absolute Gasteiger partial charge is 0.306 e. The third-order valence-corrected chi connectivity index (χ3v) is 18.4. The number of hydrogen-bond donors (Lipinski definition) is 6. The average molecular weight is 894 g/mol. The normalized spacial score (nSPS) is 36.6. The number of benzene rings is 1. The molecule has 6 aliphatic rings. The van der Waals surface area contributed by atoms with Crippen molar-refractivity contribution in [2.75, 3.05) is 20.1 Å². The Kier molecular flexibility index (Phi) is 15.2. The molecule has 350 valence electrons. The Balaban J connectivity index is 0.00000326. The van der Waals surface area contributed by atoms with Crippen LogP contribution in [0.2, 0.25) is 5.02 Å². The quantitative estimate of drug-likeness (QED) is 0.0743. The molecule has 7 rings (SSSR count). The number of allylic oxidation sites excluding steroid dienone is 2. The molecule has 5 fully saturated rings. The van der Waals surface area contributed by atoms with Crippen molar-refractivity contribution >= 4 is 41.0 Å². The first kappa shape index (κ1) is 49.3. The first-order valence-corrected chi connectivity index (χ1v) is 24.6. The zero-order chi connectivity index (χ0) is 46.2. The van der Waals surface area contributed by atoms with Crippen molar-refractivity contribution in [3.05, 3.63) is 46.0 Å². The number of amides is 2. The second-order valence-electron chi connectivity index (χ2n) is 21.4. The van der Waals surface area contributed by atoms with Gasteiger partial charge in [0, 0.05) is 47.7 Å². The largest absolute Gasteiger partial charge is 0.481 e. The predicted molar refractivity (Wildman–Crippen MR) is 246 cm³/mol. The maximum Gasteiger partial charge on any atom is 0.306 e. The van der Waals surface area contributed by atoms with Gasteiger partial charge in [-0.2, -0.15) is 0 Å². The molecule has 0 aliphatic heterocycles. The number of carboxylic acids is 1. The molecule has 0 aromatic heterocycles. The summed E-state index contributed by atoms with van der Waals surface area (Å²) in [5, 5.41) is 27.3. The third kappa shape index (κ3) is 9.08. The molecule has 8 N–H and O–H groups in total. The summed E-state index contributed by atoms with van der Waals surface area (Å²) < 4.78 is 0. The number of aliphatic carboxylic acids is 1. The van der Waals surface area contributed by atoms with Crippen LogP contribution in [0.25, 0.3) is 0 Å². The minimum absolute atomic E-state index is 0.0111. The van der Waals surface area contributed by atoms with Crippen molar-refractivity contribution in [3.8, 4) is 0 Å². The highest BCUT2D eigenvalue weighted by Gasteiger charge is 2.65. The van der Waals surface area contributed by atoms with Crippen LogP contribution in [0.1, 0.15) is 148 Å². The first-order chi connectivity index (χ1) is 29.8. The van der Waals surface area contributed by atoms with Gasteiger partial charge in [0.1, 0.15) is 5.78 Å².